The predicted molar refractivity (Wildman–Crippen MR) is 71.0 cm³/mol. The van der Waals surface area contributed by atoms with Gasteiger partial charge in [-0.2, -0.15) is 0 Å². The highest BCUT2D eigenvalue weighted by Crippen LogP contribution is 2.20. The Balaban J connectivity index is 1.67. The molecule has 0 amide bonds. The largest absolute Gasteiger partial charge is 0.464 e. The average Bonchev–Trinajstić information content (AvgIpc) is 2.84. The van der Waals surface area contributed by atoms with Gasteiger partial charge < -0.3 is 9.73 Å². The molecule has 1 aromatic carbocycles. The van der Waals surface area contributed by atoms with Crippen molar-refractivity contribution in [2.24, 2.45) is 0 Å². The maximum absolute atomic E-state index is 5.50. The van der Waals surface area contributed by atoms with Crippen LogP contribution < -0.4 is 5.32 Å². The smallest absolute Gasteiger partial charge is 0.134 e. The predicted octanol–water partition coefficient (Wildman–Crippen LogP) is 3.12. The van der Waals surface area contributed by atoms with E-state index < -0.39 is 0 Å². The summed E-state index contributed by atoms with van der Waals surface area (Å²) in [7, 11) is 0. The van der Waals surface area contributed by atoms with E-state index >= 15 is 0 Å². The van der Waals surface area contributed by atoms with Gasteiger partial charge in [0, 0.05) is 36.4 Å². The van der Waals surface area contributed by atoms with Crippen LogP contribution in [0.25, 0.3) is 11.0 Å². The molecule has 0 saturated carbocycles. The normalized spacial score (nSPS) is 10.9. The minimum atomic E-state index is 0.798. The number of pyridine rings is 1. The van der Waals surface area contributed by atoms with Gasteiger partial charge in [-0.15, -0.1) is 0 Å². The highest BCUT2D eigenvalue weighted by Gasteiger charge is 2.03. The van der Waals surface area contributed by atoms with Crippen LogP contribution in [-0.2, 0) is 13.1 Å². The highest BCUT2D eigenvalue weighted by atomic mass is 16.3. The molecular weight excluding hydrogens is 224 g/mol. The van der Waals surface area contributed by atoms with Gasteiger partial charge in [0.1, 0.15) is 5.58 Å². The van der Waals surface area contributed by atoms with Crippen molar-refractivity contribution < 1.29 is 4.42 Å². The molecule has 0 bridgehead atoms. The Morgan fingerprint density at radius 1 is 1.06 bits per heavy atom. The third-order valence-corrected chi connectivity index (χ3v) is 2.93. The summed E-state index contributed by atoms with van der Waals surface area (Å²) in [4.78, 5) is 4.09. The van der Waals surface area contributed by atoms with Crippen molar-refractivity contribution in [3.8, 4) is 0 Å². The van der Waals surface area contributed by atoms with Crippen LogP contribution in [0, 0.1) is 0 Å². The van der Waals surface area contributed by atoms with Crippen LogP contribution in [0.4, 0.5) is 0 Å². The number of nitrogens with zero attached hydrogens (tertiary/aromatic N) is 1. The second-order valence-corrected chi connectivity index (χ2v) is 4.22. The lowest BCUT2D eigenvalue weighted by atomic mass is 10.2. The van der Waals surface area contributed by atoms with Gasteiger partial charge in [-0.05, 0) is 17.7 Å². The molecule has 3 nitrogen and oxygen atoms in total. The van der Waals surface area contributed by atoms with Gasteiger partial charge in [-0.25, -0.2) is 0 Å². The second kappa shape index (κ2) is 5.02. The first-order valence-corrected chi connectivity index (χ1v) is 5.98. The Morgan fingerprint density at radius 3 is 2.89 bits per heavy atom. The van der Waals surface area contributed by atoms with Gasteiger partial charge in [-0.3, -0.25) is 4.98 Å². The molecule has 1 N–H and O–H groups in total. The van der Waals surface area contributed by atoms with E-state index in [9.17, 15) is 0 Å². The van der Waals surface area contributed by atoms with E-state index in [4.69, 9.17) is 4.42 Å². The van der Waals surface area contributed by atoms with Crippen molar-refractivity contribution in [1.82, 2.24) is 10.3 Å². The van der Waals surface area contributed by atoms with Gasteiger partial charge in [0.05, 0.1) is 6.26 Å². The molecule has 0 radical (unpaired) electrons. The van der Waals surface area contributed by atoms with Crippen LogP contribution in [0.5, 0.6) is 0 Å². The van der Waals surface area contributed by atoms with E-state index in [1.54, 1.807) is 6.20 Å². The molecule has 0 atom stereocenters. The molecule has 3 rings (SSSR count). The van der Waals surface area contributed by atoms with Gasteiger partial charge in [-0.1, -0.05) is 24.3 Å². The molecule has 90 valence electrons. The van der Waals surface area contributed by atoms with E-state index in [0.717, 1.165) is 18.7 Å². The average molecular weight is 238 g/mol. The Bertz CT molecular complexity index is 631. The summed E-state index contributed by atoms with van der Waals surface area (Å²) in [5.74, 6) is 0. The first-order valence-electron chi connectivity index (χ1n) is 5.98. The van der Waals surface area contributed by atoms with E-state index in [1.807, 2.05) is 36.7 Å². The molecule has 3 aromatic rings. The lowest BCUT2D eigenvalue weighted by Gasteiger charge is -2.02. The molecule has 18 heavy (non-hydrogen) atoms. The fourth-order valence-electron chi connectivity index (χ4n) is 2.01. The minimum absolute atomic E-state index is 0.798. The topological polar surface area (TPSA) is 38.1 Å². The Hall–Kier alpha value is -2.13. The van der Waals surface area contributed by atoms with Crippen LogP contribution in [0.2, 0.25) is 0 Å². The SMILES string of the molecule is c1cncc(CNCc2coc3ccccc23)c1. The third-order valence-electron chi connectivity index (χ3n) is 2.93. The summed E-state index contributed by atoms with van der Waals surface area (Å²) in [5, 5.41) is 4.57. The Labute approximate surface area is 105 Å². The standard InChI is InChI=1S/C15H14N2O/c1-2-6-15-14(5-1)13(11-18-15)10-17-9-12-4-3-7-16-8-12/h1-8,11,17H,9-10H2. The summed E-state index contributed by atoms with van der Waals surface area (Å²) in [5.41, 5.74) is 3.32. The molecule has 0 aliphatic heterocycles. The molecule has 2 aromatic heterocycles. The van der Waals surface area contributed by atoms with Crippen LogP contribution in [0.3, 0.4) is 0 Å². The summed E-state index contributed by atoms with van der Waals surface area (Å²) < 4.78 is 5.50. The number of furan rings is 1. The molecule has 0 unspecified atom stereocenters. The molecule has 2 heterocycles. The molecule has 0 fully saturated rings. The fourth-order valence-corrected chi connectivity index (χ4v) is 2.01. The lowest BCUT2D eigenvalue weighted by Crippen LogP contribution is -2.12. The molecule has 0 saturated heterocycles. The number of para-hydroxylation sites is 1. The highest BCUT2D eigenvalue weighted by molar-refractivity contribution is 5.80. The molecule has 0 aliphatic rings. The quantitative estimate of drug-likeness (QED) is 0.759. The summed E-state index contributed by atoms with van der Waals surface area (Å²) in [6.45, 7) is 1.61. The Kier molecular flexibility index (Phi) is 3.07. The van der Waals surface area contributed by atoms with Gasteiger partial charge in [0.2, 0.25) is 0 Å². The van der Waals surface area contributed by atoms with Crippen molar-refractivity contribution in [3.63, 3.8) is 0 Å². The number of aromatic nitrogens is 1. The fraction of sp³-hybridized carbons (Fsp3) is 0.133. The summed E-state index contributed by atoms with van der Waals surface area (Å²) in [6.07, 6.45) is 5.48. The van der Waals surface area contributed by atoms with Crippen molar-refractivity contribution in [1.29, 1.82) is 0 Å². The van der Waals surface area contributed by atoms with Crippen molar-refractivity contribution in [2.45, 2.75) is 13.1 Å². The first kappa shape index (κ1) is 11.0. The number of nitrogens with one attached hydrogen (secondary N) is 1. The number of hydrogen-bond acceptors (Lipinski definition) is 3. The van der Waals surface area contributed by atoms with E-state index in [2.05, 4.69) is 22.4 Å². The van der Waals surface area contributed by atoms with Gasteiger partial charge in [0.15, 0.2) is 0 Å². The Morgan fingerprint density at radius 2 is 2.00 bits per heavy atom. The van der Waals surface area contributed by atoms with Gasteiger partial charge in [0.25, 0.3) is 0 Å². The molecule has 0 aliphatic carbocycles. The maximum Gasteiger partial charge on any atom is 0.134 e. The minimum Gasteiger partial charge on any atom is -0.464 e. The lowest BCUT2D eigenvalue weighted by molar-refractivity contribution is 0.602. The molecular formula is C15H14N2O. The number of rotatable bonds is 4. The van der Waals surface area contributed by atoms with Crippen molar-refractivity contribution in [2.75, 3.05) is 0 Å². The van der Waals surface area contributed by atoms with E-state index in [1.165, 1.54) is 16.5 Å². The maximum atomic E-state index is 5.50. The summed E-state index contributed by atoms with van der Waals surface area (Å²) >= 11 is 0. The first-order chi connectivity index (χ1) is 8.93. The monoisotopic (exact) mass is 238 g/mol. The van der Waals surface area contributed by atoms with Crippen molar-refractivity contribution >= 4 is 11.0 Å². The van der Waals surface area contributed by atoms with E-state index in [0.29, 0.717) is 0 Å². The zero-order valence-corrected chi connectivity index (χ0v) is 9.97. The zero-order valence-electron chi connectivity index (χ0n) is 9.97. The molecule has 0 spiro atoms. The second-order valence-electron chi connectivity index (χ2n) is 4.22. The third kappa shape index (κ3) is 2.26. The van der Waals surface area contributed by atoms with E-state index in [-0.39, 0.29) is 0 Å². The molecule has 3 heteroatoms. The number of fused-ring (bicyclic) bond motifs is 1. The van der Waals surface area contributed by atoms with Crippen LogP contribution >= 0.6 is 0 Å². The van der Waals surface area contributed by atoms with Gasteiger partial charge >= 0.3 is 0 Å². The van der Waals surface area contributed by atoms with Crippen LogP contribution in [-0.4, -0.2) is 4.98 Å². The number of benzene rings is 1. The van der Waals surface area contributed by atoms with Crippen molar-refractivity contribution in [3.05, 3.63) is 66.2 Å². The number of hydrogen-bond donors (Lipinski definition) is 1. The van der Waals surface area contributed by atoms with Crippen LogP contribution in [0.15, 0.2) is 59.5 Å². The van der Waals surface area contributed by atoms with Crippen LogP contribution in [0.1, 0.15) is 11.1 Å². The summed E-state index contributed by atoms with van der Waals surface area (Å²) in [6, 6.07) is 12.1. The zero-order chi connectivity index (χ0) is 12.2.